The van der Waals surface area contributed by atoms with Crippen LogP contribution in [0.5, 0.6) is 5.75 Å². The number of hydrogen-bond donors (Lipinski definition) is 4. The number of aromatic hydroxyl groups is 1. The van der Waals surface area contributed by atoms with Crippen LogP contribution in [0.4, 0.5) is 0 Å². The van der Waals surface area contributed by atoms with E-state index in [4.69, 9.17) is 11.6 Å². The van der Waals surface area contributed by atoms with Crippen LogP contribution in [0, 0.1) is 0 Å². The Morgan fingerprint density at radius 2 is 1.91 bits per heavy atom. The smallest absolute Gasteiger partial charge is 0.270 e. The highest BCUT2D eigenvalue weighted by Gasteiger charge is 2.26. The molecular weight excluding hydrogens is 472 g/mol. The number of rotatable bonds is 6. The quantitative estimate of drug-likeness (QED) is 0.320. The van der Waals surface area contributed by atoms with Gasteiger partial charge in [0.1, 0.15) is 23.5 Å². The Kier molecular flexibility index (Phi) is 6.06. The van der Waals surface area contributed by atoms with E-state index in [1.165, 1.54) is 18.5 Å². The van der Waals surface area contributed by atoms with Crippen molar-refractivity contribution in [2.24, 2.45) is 0 Å². The molecule has 0 fully saturated rings. The molecule has 0 bridgehead atoms. The van der Waals surface area contributed by atoms with Crippen LogP contribution in [-0.2, 0) is 13.0 Å². The molecule has 35 heavy (non-hydrogen) atoms. The lowest BCUT2D eigenvalue weighted by Gasteiger charge is -2.14. The zero-order chi connectivity index (χ0) is 24.4. The van der Waals surface area contributed by atoms with Crippen molar-refractivity contribution < 1.29 is 14.7 Å². The van der Waals surface area contributed by atoms with Gasteiger partial charge in [-0.05, 0) is 52.9 Å². The molecule has 2 aromatic heterocycles. The molecule has 0 spiro atoms. The van der Waals surface area contributed by atoms with Crippen molar-refractivity contribution in [2.45, 2.75) is 25.4 Å². The number of aromatic amines is 1. The van der Waals surface area contributed by atoms with E-state index in [0.717, 1.165) is 29.5 Å². The summed E-state index contributed by atoms with van der Waals surface area (Å²) in [6.07, 6.45) is 2.71. The number of tetrazole rings is 1. The summed E-state index contributed by atoms with van der Waals surface area (Å²) in [5.74, 6) is -0.431. The van der Waals surface area contributed by atoms with Gasteiger partial charge in [-0.1, -0.05) is 29.8 Å². The van der Waals surface area contributed by atoms with Gasteiger partial charge < -0.3 is 15.7 Å². The van der Waals surface area contributed by atoms with Crippen LogP contribution in [0.25, 0.3) is 11.4 Å². The summed E-state index contributed by atoms with van der Waals surface area (Å²) >= 11 is 5.80. The Morgan fingerprint density at radius 3 is 2.69 bits per heavy atom. The number of hydrogen-bond acceptors (Lipinski definition) is 8. The lowest BCUT2D eigenvalue weighted by molar-refractivity contribution is 0.0931. The molecular formula is C23H19ClN8O3. The molecule has 11 nitrogen and oxygen atoms in total. The Morgan fingerprint density at radius 1 is 1.09 bits per heavy atom. The SMILES string of the molecule is O=C(NCc1ccc(Cl)c(O)c1)c1cc(C(=O)N[C@@H]2CCc3cc(-c4nn[nH]n4)ccc32)ncn1. The third kappa shape index (κ3) is 4.80. The maximum absolute atomic E-state index is 12.9. The fourth-order valence-corrected chi connectivity index (χ4v) is 4.09. The number of carbonyl (C=O) groups excluding carboxylic acids is 2. The number of halogens is 1. The van der Waals surface area contributed by atoms with Crippen molar-refractivity contribution in [3.63, 3.8) is 0 Å². The van der Waals surface area contributed by atoms with Gasteiger partial charge in [0.15, 0.2) is 0 Å². The molecule has 176 valence electrons. The zero-order valence-electron chi connectivity index (χ0n) is 18.2. The first-order valence-corrected chi connectivity index (χ1v) is 11.1. The van der Waals surface area contributed by atoms with E-state index in [-0.39, 0.29) is 34.7 Å². The number of phenols is 1. The van der Waals surface area contributed by atoms with Gasteiger partial charge in [0.2, 0.25) is 5.82 Å². The fraction of sp³-hybridized carbons (Fsp3) is 0.174. The molecule has 5 rings (SSSR count). The van der Waals surface area contributed by atoms with Gasteiger partial charge in [-0.3, -0.25) is 9.59 Å². The number of benzene rings is 2. The maximum atomic E-state index is 12.9. The van der Waals surface area contributed by atoms with Gasteiger partial charge in [-0.25, -0.2) is 9.97 Å². The summed E-state index contributed by atoms with van der Waals surface area (Å²) in [5, 5.41) is 29.6. The molecule has 2 amide bonds. The normalized spacial score (nSPS) is 14.4. The zero-order valence-corrected chi connectivity index (χ0v) is 19.0. The Hall–Kier alpha value is -4.38. The van der Waals surface area contributed by atoms with E-state index < -0.39 is 11.8 Å². The number of amides is 2. The Bertz CT molecular complexity index is 1410. The van der Waals surface area contributed by atoms with E-state index in [1.54, 1.807) is 12.1 Å². The summed E-state index contributed by atoms with van der Waals surface area (Å²) in [7, 11) is 0. The first-order valence-electron chi connectivity index (χ1n) is 10.7. The number of phenolic OH excluding ortho intramolecular Hbond substituents is 1. The van der Waals surface area contributed by atoms with E-state index >= 15 is 0 Å². The molecule has 12 heteroatoms. The van der Waals surface area contributed by atoms with Crippen LogP contribution >= 0.6 is 11.6 Å². The second kappa shape index (κ2) is 9.47. The van der Waals surface area contributed by atoms with E-state index in [1.807, 2.05) is 18.2 Å². The van der Waals surface area contributed by atoms with Crippen LogP contribution < -0.4 is 10.6 Å². The number of fused-ring (bicyclic) bond motifs is 1. The third-order valence-corrected chi connectivity index (χ3v) is 6.05. The minimum absolute atomic E-state index is 0.0555. The fourth-order valence-electron chi connectivity index (χ4n) is 3.97. The number of H-pyrrole nitrogens is 1. The highest BCUT2D eigenvalue weighted by atomic mass is 35.5. The monoisotopic (exact) mass is 490 g/mol. The largest absolute Gasteiger partial charge is 0.506 e. The topological polar surface area (TPSA) is 159 Å². The van der Waals surface area contributed by atoms with Crippen LogP contribution in [-0.4, -0.2) is 47.5 Å². The molecule has 4 aromatic rings. The summed E-state index contributed by atoms with van der Waals surface area (Å²) < 4.78 is 0. The second-order valence-corrected chi connectivity index (χ2v) is 8.38. The third-order valence-electron chi connectivity index (χ3n) is 5.73. The van der Waals surface area contributed by atoms with Gasteiger partial charge in [0.05, 0.1) is 11.1 Å². The van der Waals surface area contributed by atoms with Crippen LogP contribution in [0.3, 0.4) is 0 Å². The van der Waals surface area contributed by atoms with Crippen molar-refractivity contribution >= 4 is 23.4 Å². The predicted octanol–water partition coefficient (Wildman–Crippen LogP) is 2.36. The molecule has 4 N–H and O–H groups in total. The maximum Gasteiger partial charge on any atom is 0.270 e. The van der Waals surface area contributed by atoms with Gasteiger partial charge in [-0.15, -0.1) is 10.2 Å². The highest BCUT2D eigenvalue weighted by molar-refractivity contribution is 6.32. The molecule has 2 heterocycles. The van der Waals surface area contributed by atoms with Gasteiger partial charge in [0.25, 0.3) is 11.8 Å². The molecule has 0 aliphatic heterocycles. The van der Waals surface area contributed by atoms with Gasteiger partial charge in [-0.2, -0.15) is 5.21 Å². The van der Waals surface area contributed by atoms with Crippen molar-refractivity contribution in [3.05, 3.63) is 81.9 Å². The Labute approximate surface area is 204 Å². The van der Waals surface area contributed by atoms with Gasteiger partial charge >= 0.3 is 0 Å². The summed E-state index contributed by atoms with van der Waals surface area (Å²) in [6.45, 7) is 0.153. The van der Waals surface area contributed by atoms with Crippen molar-refractivity contribution in [2.75, 3.05) is 0 Å². The first kappa shape index (κ1) is 22.4. The van der Waals surface area contributed by atoms with Gasteiger partial charge in [0, 0.05) is 18.2 Å². The van der Waals surface area contributed by atoms with E-state index in [0.29, 0.717) is 11.4 Å². The molecule has 1 atom stereocenters. The van der Waals surface area contributed by atoms with Crippen LogP contribution in [0.2, 0.25) is 5.02 Å². The number of carbonyl (C=O) groups is 2. The highest BCUT2D eigenvalue weighted by Crippen LogP contribution is 2.33. The lowest BCUT2D eigenvalue weighted by Crippen LogP contribution is -2.29. The number of nitrogens with one attached hydrogen (secondary N) is 3. The predicted molar refractivity (Wildman–Crippen MR) is 124 cm³/mol. The number of aromatic nitrogens is 6. The average Bonchev–Trinajstić information content (AvgIpc) is 3.55. The van der Waals surface area contributed by atoms with E-state index in [9.17, 15) is 14.7 Å². The standard InChI is InChI=1S/C23H19ClN8O3/c24-16-5-1-12(7-20(16)33)10-25-22(34)18-9-19(27-11-26-18)23(35)28-17-6-3-13-8-14(2-4-15(13)17)21-29-31-32-30-21/h1-2,4-5,7-9,11,17,33H,3,6,10H2,(H,25,34)(H,28,35)(H,29,30,31,32)/t17-/m1/s1. The average molecular weight is 491 g/mol. The lowest BCUT2D eigenvalue weighted by atomic mass is 10.0. The van der Waals surface area contributed by atoms with Crippen LogP contribution in [0.15, 0.2) is 48.8 Å². The molecule has 1 aliphatic carbocycles. The molecule has 2 aromatic carbocycles. The van der Waals surface area contributed by atoms with Crippen molar-refractivity contribution in [1.82, 2.24) is 41.2 Å². The minimum Gasteiger partial charge on any atom is -0.506 e. The van der Waals surface area contributed by atoms with E-state index in [2.05, 4.69) is 41.2 Å². The molecule has 0 saturated carbocycles. The molecule has 0 saturated heterocycles. The molecule has 0 radical (unpaired) electrons. The molecule has 1 aliphatic rings. The number of aryl methyl sites for hydroxylation is 1. The summed E-state index contributed by atoms with van der Waals surface area (Å²) in [5.41, 5.74) is 3.78. The minimum atomic E-state index is -0.476. The summed E-state index contributed by atoms with van der Waals surface area (Å²) in [6, 6.07) is 11.7. The summed E-state index contributed by atoms with van der Waals surface area (Å²) in [4.78, 5) is 33.4. The second-order valence-electron chi connectivity index (χ2n) is 7.97. The molecule has 0 unspecified atom stereocenters. The van der Waals surface area contributed by atoms with Crippen LogP contribution in [0.1, 0.15) is 50.1 Å². The first-order chi connectivity index (χ1) is 17.0. The number of nitrogens with zero attached hydrogens (tertiary/aromatic N) is 5. The Balaban J connectivity index is 1.24. The van der Waals surface area contributed by atoms with Crippen molar-refractivity contribution in [1.29, 1.82) is 0 Å². The van der Waals surface area contributed by atoms with Crippen molar-refractivity contribution in [3.8, 4) is 17.1 Å².